The van der Waals surface area contributed by atoms with E-state index in [0.29, 0.717) is 17.1 Å². The standard InChI is InChI=1S/C15H25N3OS2/c1-9-11(16)5-4-10(15(9,2)3)14-17-13(18-19-14)12-8-20-6-7-21-12/h9-12H,4-8,16H2,1-3H3. The second kappa shape index (κ2) is 6.13. The zero-order valence-corrected chi connectivity index (χ0v) is 14.7. The summed E-state index contributed by atoms with van der Waals surface area (Å²) in [4.78, 5) is 4.76. The van der Waals surface area contributed by atoms with E-state index >= 15 is 0 Å². The topological polar surface area (TPSA) is 64.9 Å². The van der Waals surface area contributed by atoms with Crippen molar-refractivity contribution in [1.82, 2.24) is 10.1 Å². The number of rotatable bonds is 2. The highest BCUT2D eigenvalue weighted by Gasteiger charge is 2.45. The molecule has 21 heavy (non-hydrogen) atoms. The molecule has 2 fully saturated rings. The van der Waals surface area contributed by atoms with E-state index in [1.807, 2.05) is 23.5 Å². The highest BCUT2D eigenvalue weighted by Crippen LogP contribution is 2.49. The molecule has 2 heterocycles. The van der Waals surface area contributed by atoms with Crippen molar-refractivity contribution < 1.29 is 4.52 Å². The van der Waals surface area contributed by atoms with Crippen LogP contribution in [0.1, 0.15) is 56.5 Å². The van der Waals surface area contributed by atoms with Gasteiger partial charge in [-0.05, 0) is 24.2 Å². The van der Waals surface area contributed by atoms with Gasteiger partial charge in [0.2, 0.25) is 5.89 Å². The minimum atomic E-state index is 0.107. The Balaban J connectivity index is 1.79. The third-order valence-electron chi connectivity index (χ3n) is 5.36. The normalized spacial score (nSPS) is 36.6. The van der Waals surface area contributed by atoms with Crippen LogP contribution in [-0.4, -0.2) is 33.4 Å². The lowest BCUT2D eigenvalue weighted by molar-refractivity contribution is 0.0806. The van der Waals surface area contributed by atoms with Crippen molar-refractivity contribution in [2.45, 2.75) is 50.8 Å². The molecule has 1 saturated heterocycles. The van der Waals surface area contributed by atoms with Crippen molar-refractivity contribution in [1.29, 1.82) is 0 Å². The summed E-state index contributed by atoms with van der Waals surface area (Å²) in [5.41, 5.74) is 6.35. The fourth-order valence-corrected chi connectivity index (χ4v) is 6.04. The van der Waals surface area contributed by atoms with Crippen molar-refractivity contribution >= 4 is 23.5 Å². The van der Waals surface area contributed by atoms with Crippen LogP contribution in [0.2, 0.25) is 0 Å². The SMILES string of the molecule is CC1C(N)CCC(c2nc(C3CSCCS3)no2)C1(C)C. The molecule has 4 atom stereocenters. The molecule has 3 rings (SSSR count). The van der Waals surface area contributed by atoms with Crippen molar-refractivity contribution in [3.05, 3.63) is 11.7 Å². The lowest BCUT2D eigenvalue weighted by Crippen LogP contribution is -2.45. The van der Waals surface area contributed by atoms with Crippen LogP contribution in [-0.2, 0) is 0 Å². The zero-order valence-electron chi connectivity index (χ0n) is 13.0. The molecule has 1 aliphatic carbocycles. The summed E-state index contributed by atoms with van der Waals surface area (Å²) in [6.45, 7) is 6.83. The molecule has 1 aromatic heterocycles. The van der Waals surface area contributed by atoms with E-state index in [0.717, 1.165) is 30.3 Å². The summed E-state index contributed by atoms with van der Waals surface area (Å²) in [6, 6.07) is 0.281. The third-order valence-corrected chi connectivity index (χ3v) is 8.11. The fourth-order valence-electron chi connectivity index (χ4n) is 3.45. The third kappa shape index (κ3) is 2.99. The maximum Gasteiger partial charge on any atom is 0.230 e. The van der Waals surface area contributed by atoms with E-state index in [4.69, 9.17) is 15.2 Å². The Morgan fingerprint density at radius 3 is 2.81 bits per heavy atom. The monoisotopic (exact) mass is 327 g/mol. The van der Waals surface area contributed by atoms with Gasteiger partial charge in [0.05, 0.1) is 5.25 Å². The molecule has 2 N–H and O–H groups in total. The Labute approximate surface area is 135 Å². The first-order chi connectivity index (χ1) is 10.00. The van der Waals surface area contributed by atoms with Crippen LogP contribution >= 0.6 is 23.5 Å². The van der Waals surface area contributed by atoms with Gasteiger partial charge in [0.1, 0.15) is 0 Å². The Kier molecular flexibility index (Phi) is 4.58. The first kappa shape index (κ1) is 15.7. The minimum Gasteiger partial charge on any atom is -0.339 e. The molecule has 2 aliphatic rings. The number of aromatic nitrogens is 2. The number of hydrogen-bond acceptors (Lipinski definition) is 6. The van der Waals surface area contributed by atoms with Crippen molar-refractivity contribution in [2.75, 3.05) is 17.3 Å². The molecular weight excluding hydrogens is 302 g/mol. The van der Waals surface area contributed by atoms with Crippen LogP contribution in [0.3, 0.4) is 0 Å². The van der Waals surface area contributed by atoms with Gasteiger partial charge >= 0.3 is 0 Å². The minimum absolute atomic E-state index is 0.107. The molecule has 0 spiro atoms. The fraction of sp³-hybridized carbons (Fsp3) is 0.867. The second-order valence-corrected chi connectivity index (χ2v) is 9.29. The average Bonchev–Trinajstić information content (AvgIpc) is 2.95. The van der Waals surface area contributed by atoms with Gasteiger partial charge in [-0.3, -0.25) is 0 Å². The Morgan fingerprint density at radius 1 is 1.29 bits per heavy atom. The van der Waals surface area contributed by atoms with Crippen molar-refractivity contribution in [3.63, 3.8) is 0 Å². The summed E-state index contributed by atoms with van der Waals surface area (Å²) in [6.07, 6.45) is 2.09. The highest BCUT2D eigenvalue weighted by molar-refractivity contribution is 8.06. The number of thioether (sulfide) groups is 2. The molecule has 4 nitrogen and oxygen atoms in total. The Morgan fingerprint density at radius 2 is 2.10 bits per heavy atom. The van der Waals surface area contributed by atoms with E-state index in [2.05, 4.69) is 25.9 Å². The molecule has 4 unspecified atom stereocenters. The van der Waals surface area contributed by atoms with E-state index in [1.165, 1.54) is 11.5 Å². The summed E-state index contributed by atoms with van der Waals surface area (Å²) in [5, 5.41) is 4.67. The van der Waals surface area contributed by atoms with Gasteiger partial charge in [0.15, 0.2) is 5.82 Å². The molecule has 0 bridgehead atoms. The van der Waals surface area contributed by atoms with Crippen molar-refractivity contribution in [3.8, 4) is 0 Å². The number of hydrogen-bond donors (Lipinski definition) is 1. The number of nitrogens with two attached hydrogens (primary N) is 1. The van der Waals surface area contributed by atoms with E-state index < -0.39 is 0 Å². The molecule has 6 heteroatoms. The summed E-state index contributed by atoms with van der Waals surface area (Å²) in [5.74, 6) is 6.02. The van der Waals surface area contributed by atoms with Crippen LogP contribution in [0.4, 0.5) is 0 Å². The molecule has 1 aromatic rings. The Bertz CT molecular complexity index is 485. The summed E-state index contributed by atoms with van der Waals surface area (Å²) < 4.78 is 5.65. The summed E-state index contributed by atoms with van der Waals surface area (Å²) in [7, 11) is 0. The zero-order chi connectivity index (χ0) is 15.0. The van der Waals surface area contributed by atoms with Gasteiger partial charge in [0, 0.05) is 29.2 Å². The highest BCUT2D eigenvalue weighted by atomic mass is 32.2. The van der Waals surface area contributed by atoms with E-state index in [9.17, 15) is 0 Å². The van der Waals surface area contributed by atoms with Gasteiger partial charge in [-0.25, -0.2) is 0 Å². The molecular formula is C15H25N3OS2. The average molecular weight is 328 g/mol. The maximum atomic E-state index is 6.24. The van der Waals surface area contributed by atoms with Gasteiger partial charge < -0.3 is 10.3 Å². The van der Waals surface area contributed by atoms with Crippen LogP contribution in [0.15, 0.2) is 4.52 Å². The van der Waals surface area contributed by atoms with E-state index in [-0.39, 0.29) is 11.5 Å². The summed E-state index contributed by atoms with van der Waals surface area (Å²) >= 11 is 3.94. The van der Waals surface area contributed by atoms with Gasteiger partial charge in [0.25, 0.3) is 0 Å². The molecule has 1 aliphatic heterocycles. The van der Waals surface area contributed by atoms with Crippen molar-refractivity contribution in [2.24, 2.45) is 17.1 Å². The van der Waals surface area contributed by atoms with Gasteiger partial charge in [-0.1, -0.05) is 25.9 Å². The molecule has 118 valence electrons. The van der Waals surface area contributed by atoms with Crippen LogP contribution < -0.4 is 5.73 Å². The Hall–Kier alpha value is -0.200. The maximum absolute atomic E-state index is 6.24. The number of nitrogens with zero attached hydrogens (tertiary/aromatic N) is 2. The predicted molar refractivity (Wildman–Crippen MR) is 89.7 cm³/mol. The smallest absolute Gasteiger partial charge is 0.230 e. The van der Waals surface area contributed by atoms with Gasteiger partial charge in [-0.2, -0.15) is 16.7 Å². The molecule has 0 amide bonds. The quantitative estimate of drug-likeness (QED) is 0.897. The van der Waals surface area contributed by atoms with E-state index in [1.54, 1.807) is 0 Å². The molecule has 0 radical (unpaired) electrons. The predicted octanol–water partition coefficient (Wildman–Crippen LogP) is 3.46. The molecule has 1 saturated carbocycles. The lowest BCUT2D eigenvalue weighted by Gasteiger charge is -2.45. The largest absolute Gasteiger partial charge is 0.339 e. The van der Waals surface area contributed by atoms with Crippen LogP contribution in [0.25, 0.3) is 0 Å². The lowest BCUT2D eigenvalue weighted by atomic mass is 9.61. The van der Waals surface area contributed by atoms with Gasteiger partial charge in [-0.15, -0.1) is 11.8 Å². The molecule has 0 aromatic carbocycles. The van der Waals surface area contributed by atoms with Crippen LogP contribution in [0.5, 0.6) is 0 Å². The van der Waals surface area contributed by atoms with Crippen LogP contribution in [0, 0.1) is 11.3 Å². The first-order valence-corrected chi connectivity index (χ1v) is 9.99. The second-order valence-electron chi connectivity index (χ2n) is 6.83. The first-order valence-electron chi connectivity index (χ1n) is 7.78.